The summed E-state index contributed by atoms with van der Waals surface area (Å²) >= 11 is 5.87. The van der Waals surface area contributed by atoms with Crippen LogP contribution in [0.4, 0.5) is 0 Å². The monoisotopic (exact) mass is 307 g/mol. The van der Waals surface area contributed by atoms with Crippen molar-refractivity contribution in [3.8, 4) is 5.88 Å². The molecular formula is C15H18ClN3O2. The van der Waals surface area contributed by atoms with Gasteiger partial charge < -0.3 is 10.5 Å². The Morgan fingerprint density at radius 1 is 1.38 bits per heavy atom. The van der Waals surface area contributed by atoms with Crippen LogP contribution in [0, 0.1) is 0 Å². The Bertz CT molecular complexity index is 608. The quantitative estimate of drug-likeness (QED) is 0.800. The van der Waals surface area contributed by atoms with Crippen LogP contribution in [0.15, 0.2) is 30.3 Å². The molecular weight excluding hydrogens is 290 g/mol. The second kappa shape index (κ2) is 7.13. The molecule has 0 aliphatic rings. The van der Waals surface area contributed by atoms with Crippen LogP contribution >= 0.6 is 11.6 Å². The van der Waals surface area contributed by atoms with Crippen LogP contribution in [0.1, 0.15) is 35.8 Å². The Kier molecular flexibility index (Phi) is 5.22. The maximum atomic E-state index is 11.3. The van der Waals surface area contributed by atoms with E-state index in [0.29, 0.717) is 24.1 Å². The summed E-state index contributed by atoms with van der Waals surface area (Å²) in [5.74, 6) is -0.0163. The van der Waals surface area contributed by atoms with Gasteiger partial charge >= 0.3 is 0 Å². The number of benzene rings is 1. The van der Waals surface area contributed by atoms with Crippen molar-refractivity contribution in [2.45, 2.75) is 26.3 Å². The molecule has 1 aromatic carbocycles. The van der Waals surface area contributed by atoms with E-state index in [9.17, 15) is 4.79 Å². The molecule has 1 amide bonds. The zero-order valence-electron chi connectivity index (χ0n) is 11.9. The number of nitrogens with two attached hydrogens (primary N) is 1. The van der Waals surface area contributed by atoms with Crippen molar-refractivity contribution in [1.29, 1.82) is 0 Å². The Labute approximate surface area is 128 Å². The minimum Gasteiger partial charge on any atom is -0.478 e. The maximum Gasteiger partial charge on any atom is 0.269 e. The van der Waals surface area contributed by atoms with E-state index in [4.69, 9.17) is 22.1 Å². The molecule has 0 saturated carbocycles. The highest BCUT2D eigenvalue weighted by molar-refractivity contribution is 6.30. The van der Waals surface area contributed by atoms with E-state index in [2.05, 4.69) is 12.0 Å². The van der Waals surface area contributed by atoms with Gasteiger partial charge in [0.05, 0.1) is 13.2 Å². The number of hydrogen-bond donors (Lipinski definition) is 1. The number of amides is 1. The van der Waals surface area contributed by atoms with Crippen molar-refractivity contribution in [2.75, 3.05) is 6.61 Å². The van der Waals surface area contributed by atoms with Gasteiger partial charge in [-0.3, -0.25) is 4.79 Å². The van der Waals surface area contributed by atoms with Crippen LogP contribution in [0.5, 0.6) is 5.88 Å². The Balaban J connectivity index is 2.18. The third kappa shape index (κ3) is 4.23. The van der Waals surface area contributed by atoms with Crippen LogP contribution in [-0.4, -0.2) is 22.3 Å². The first-order valence-electron chi connectivity index (χ1n) is 6.85. The molecule has 2 N–H and O–H groups in total. The number of carbonyl (C=O) groups is 1. The minimum atomic E-state index is -0.565. The molecule has 0 aliphatic heterocycles. The van der Waals surface area contributed by atoms with Crippen molar-refractivity contribution >= 4 is 17.5 Å². The summed E-state index contributed by atoms with van der Waals surface area (Å²) in [6.07, 6.45) is 1.98. The number of hydrogen-bond acceptors (Lipinski definition) is 3. The normalized spacial score (nSPS) is 10.6. The van der Waals surface area contributed by atoms with Crippen molar-refractivity contribution in [3.63, 3.8) is 0 Å². The van der Waals surface area contributed by atoms with Crippen molar-refractivity contribution in [3.05, 3.63) is 46.6 Å². The molecule has 2 rings (SSSR count). The molecule has 1 aromatic heterocycles. The first kappa shape index (κ1) is 15.4. The number of halogens is 1. The van der Waals surface area contributed by atoms with Gasteiger partial charge in [0.15, 0.2) is 5.69 Å². The second-order valence-electron chi connectivity index (χ2n) is 4.72. The zero-order valence-corrected chi connectivity index (χ0v) is 12.6. The molecule has 0 spiro atoms. The maximum absolute atomic E-state index is 11.3. The fourth-order valence-corrected chi connectivity index (χ4v) is 1.96. The summed E-state index contributed by atoms with van der Waals surface area (Å²) in [4.78, 5) is 11.3. The van der Waals surface area contributed by atoms with Gasteiger partial charge in [-0.2, -0.15) is 5.10 Å². The van der Waals surface area contributed by atoms with E-state index in [0.717, 1.165) is 18.4 Å². The molecule has 6 heteroatoms. The predicted molar refractivity (Wildman–Crippen MR) is 81.7 cm³/mol. The summed E-state index contributed by atoms with van der Waals surface area (Å²) in [6.45, 7) is 3.16. The molecule has 5 nitrogen and oxygen atoms in total. The standard InChI is InChI=1S/C15H18ClN3O2/c1-2-3-8-21-14-9-13(15(17)20)18-19(14)10-11-4-6-12(16)7-5-11/h4-7,9H,2-3,8,10H2,1H3,(H2,17,20). The zero-order chi connectivity index (χ0) is 15.2. The van der Waals surface area contributed by atoms with Gasteiger partial charge in [-0.25, -0.2) is 4.68 Å². The van der Waals surface area contributed by atoms with E-state index in [1.807, 2.05) is 24.3 Å². The van der Waals surface area contributed by atoms with Crippen LogP contribution in [-0.2, 0) is 6.54 Å². The fourth-order valence-electron chi connectivity index (χ4n) is 1.83. The smallest absolute Gasteiger partial charge is 0.269 e. The summed E-state index contributed by atoms with van der Waals surface area (Å²) in [5.41, 5.74) is 6.49. The van der Waals surface area contributed by atoms with Gasteiger partial charge in [0.25, 0.3) is 5.91 Å². The molecule has 2 aromatic rings. The van der Waals surface area contributed by atoms with Crippen LogP contribution in [0.3, 0.4) is 0 Å². The highest BCUT2D eigenvalue weighted by Crippen LogP contribution is 2.17. The fraction of sp³-hybridized carbons (Fsp3) is 0.333. The number of rotatable bonds is 7. The van der Waals surface area contributed by atoms with Gasteiger partial charge in [-0.05, 0) is 24.1 Å². The SMILES string of the molecule is CCCCOc1cc(C(N)=O)nn1Cc1ccc(Cl)cc1. The first-order chi connectivity index (χ1) is 10.1. The van der Waals surface area contributed by atoms with Gasteiger partial charge in [0.1, 0.15) is 0 Å². The molecule has 112 valence electrons. The lowest BCUT2D eigenvalue weighted by Gasteiger charge is -2.09. The highest BCUT2D eigenvalue weighted by Gasteiger charge is 2.13. The average molecular weight is 308 g/mol. The van der Waals surface area contributed by atoms with Gasteiger partial charge in [-0.15, -0.1) is 0 Å². The average Bonchev–Trinajstić information content (AvgIpc) is 2.85. The van der Waals surface area contributed by atoms with Crippen LogP contribution < -0.4 is 10.5 Å². The molecule has 0 atom stereocenters. The summed E-state index contributed by atoms with van der Waals surface area (Å²) < 4.78 is 7.31. The van der Waals surface area contributed by atoms with E-state index >= 15 is 0 Å². The number of carbonyl (C=O) groups excluding carboxylic acids is 1. The van der Waals surface area contributed by atoms with Crippen LogP contribution in [0.2, 0.25) is 5.02 Å². The lowest BCUT2D eigenvalue weighted by molar-refractivity contribution is 0.0995. The molecule has 21 heavy (non-hydrogen) atoms. The molecule has 0 fully saturated rings. The van der Waals surface area contributed by atoms with Gasteiger partial charge in [0.2, 0.25) is 5.88 Å². The largest absolute Gasteiger partial charge is 0.478 e. The summed E-state index contributed by atoms with van der Waals surface area (Å²) in [5, 5.41) is 4.87. The number of nitrogens with zero attached hydrogens (tertiary/aromatic N) is 2. The van der Waals surface area contributed by atoms with Gasteiger partial charge in [-0.1, -0.05) is 37.1 Å². The highest BCUT2D eigenvalue weighted by atomic mass is 35.5. The van der Waals surface area contributed by atoms with Crippen molar-refractivity contribution in [2.24, 2.45) is 5.73 Å². The Hall–Kier alpha value is -2.01. The minimum absolute atomic E-state index is 0.204. The third-order valence-electron chi connectivity index (χ3n) is 2.99. The topological polar surface area (TPSA) is 70.1 Å². The number of unbranched alkanes of at least 4 members (excludes halogenated alkanes) is 1. The number of primary amides is 1. The summed E-state index contributed by atoms with van der Waals surface area (Å²) in [7, 11) is 0. The third-order valence-corrected chi connectivity index (χ3v) is 3.24. The van der Waals surface area contributed by atoms with Crippen molar-refractivity contribution in [1.82, 2.24) is 9.78 Å². The molecule has 0 bridgehead atoms. The number of ether oxygens (including phenoxy) is 1. The molecule has 0 saturated heterocycles. The van der Waals surface area contributed by atoms with E-state index in [1.165, 1.54) is 0 Å². The second-order valence-corrected chi connectivity index (χ2v) is 5.15. The molecule has 1 heterocycles. The van der Waals surface area contributed by atoms with Crippen LogP contribution in [0.25, 0.3) is 0 Å². The predicted octanol–water partition coefficient (Wildman–Crippen LogP) is 2.86. The lowest BCUT2D eigenvalue weighted by atomic mass is 10.2. The van der Waals surface area contributed by atoms with Gasteiger partial charge in [0, 0.05) is 11.1 Å². The molecule has 0 radical (unpaired) electrons. The lowest BCUT2D eigenvalue weighted by Crippen LogP contribution is -2.13. The van der Waals surface area contributed by atoms with E-state index in [-0.39, 0.29) is 5.69 Å². The Morgan fingerprint density at radius 2 is 2.10 bits per heavy atom. The first-order valence-corrected chi connectivity index (χ1v) is 7.23. The summed E-state index contributed by atoms with van der Waals surface area (Å²) in [6, 6.07) is 9.02. The Morgan fingerprint density at radius 3 is 2.71 bits per heavy atom. The molecule has 0 unspecified atom stereocenters. The number of aromatic nitrogens is 2. The van der Waals surface area contributed by atoms with E-state index in [1.54, 1.807) is 10.7 Å². The van der Waals surface area contributed by atoms with E-state index < -0.39 is 5.91 Å². The molecule has 0 aliphatic carbocycles. The van der Waals surface area contributed by atoms with Crippen molar-refractivity contribution < 1.29 is 9.53 Å².